The number of rotatable bonds is 3. The first-order chi connectivity index (χ1) is 7.38. The van der Waals surface area contributed by atoms with Gasteiger partial charge in [-0.25, -0.2) is 4.98 Å². The van der Waals surface area contributed by atoms with Crippen LogP contribution in [0.3, 0.4) is 0 Å². The van der Waals surface area contributed by atoms with Crippen molar-refractivity contribution in [3.63, 3.8) is 0 Å². The summed E-state index contributed by atoms with van der Waals surface area (Å²) in [6.45, 7) is 0.488. The smallest absolute Gasteiger partial charge is 0.219 e. The van der Waals surface area contributed by atoms with E-state index in [9.17, 15) is 0 Å². The second-order valence-corrected chi connectivity index (χ2v) is 3.04. The van der Waals surface area contributed by atoms with Crippen LogP contribution in [0.2, 0.25) is 0 Å². The zero-order valence-electron chi connectivity index (χ0n) is 8.18. The highest BCUT2D eigenvalue weighted by molar-refractivity contribution is 5.28. The van der Waals surface area contributed by atoms with Crippen LogP contribution < -0.4 is 10.5 Å². The average Bonchev–Trinajstić information content (AvgIpc) is 2.31. The Morgan fingerprint density at radius 2 is 2.07 bits per heavy atom. The predicted octanol–water partition coefficient (Wildman–Crippen LogP) is 2.13. The number of hydrogen-bond donors (Lipinski definition) is 1. The highest BCUT2D eigenvalue weighted by Gasteiger charge is 1.98. The molecule has 0 saturated heterocycles. The van der Waals surface area contributed by atoms with Crippen LogP contribution in [-0.2, 0) is 6.54 Å². The van der Waals surface area contributed by atoms with Gasteiger partial charge in [-0.3, -0.25) is 0 Å². The van der Waals surface area contributed by atoms with Gasteiger partial charge in [0.2, 0.25) is 5.88 Å². The molecule has 1 aromatic heterocycles. The summed E-state index contributed by atoms with van der Waals surface area (Å²) in [4.78, 5) is 4.09. The molecule has 1 heterocycles. The van der Waals surface area contributed by atoms with E-state index in [4.69, 9.17) is 10.5 Å². The van der Waals surface area contributed by atoms with E-state index in [1.54, 1.807) is 18.3 Å². The Balaban J connectivity index is 2.17. The van der Waals surface area contributed by atoms with E-state index < -0.39 is 0 Å². The lowest BCUT2D eigenvalue weighted by molar-refractivity contribution is 0.462. The second kappa shape index (κ2) is 4.57. The lowest BCUT2D eigenvalue weighted by Crippen LogP contribution is -1.97. The Labute approximate surface area is 88.5 Å². The summed E-state index contributed by atoms with van der Waals surface area (Å²) in [6, 6.07) is 13.9. The van der Waals surface area contributed by atoms with Gasteiger partial charge < -0.3 is 10.5 Å². The van der Waals surface area contributed by atoms with Crippen molar-refractivity contribution < 1.29 is 4.74 Å². The van der Waals surface area contributed by atoms with Gasteiger partial charge >= 0.3 is 0 Å². The molecule has 3 heteroatoms. The van der Waals surface area contributed by atoms with Crippen LogP contribution in [0.4, 0.5) is 0 Å². The molecule has 0 unspecified atom stereocenters. The van der Waals surface area contributed by atoms with Crippen LogP contribution in [0, 0.1) is 6.07 Å². The summed E-state index contributed by atoms with van der Waals surface area (Å²) in [5.41, 5.74) is 6.53. The van der Waals surface area contributed by atoms with Gasteiger partial charge in [0, 0.05) is 18.8 Å². The Bertz CT molecular complexity index is 429. The average molecular weight is 199 g/mol. The topological polar surface area (TPSA) is 48.1 Å². The number of aromatic nitrogens is 1. The lowest BCUT2D eigenvalue weighted by atomic mass is 10.3. The molecule has 3 nitrogen and oxygen atoms in total. The summed E-state index contributed by atoms with van der Waals surface area (Å²) in [5.74, 6) is 1.31. The summed E-state index contributed by atoms with van der Waals surface area (Å²) >= 11 is 0. The third kappa shape index (κ3) is 2.54. The van der Waals surface area contributed by atoms with Gasteiger partial charge in [0.05, 0.1) is 0 Å². The number of nitrogens with zero attached hydrogens (tertiary/aromatic N) is 1. The highest BCUT2D eigenvalue weighted by Crippen LogP contribution is 2.18. The minimum absolute atomic E-state index is 0.488. The molecular formula is C12H11N2O. The normalized spacial score (nSPS) is 9.93. The fourth-order valence-corrected chi connectivity index (χ4v) is 1.19. The molecule has 0 spiro atoms. The number of pyridine rings is 1. The minimum Gasteiger partial charge on any atom is -0.439 e. The molecule has 15 heavy (non-hydrogen) atoms. The Hall–Kier alpha value is -1.87. The number of ether oxygens (including phenoxy) is 1. The van der Waals surface area contributed by atoms with Gasteiger partial charge in [-0.15, -0.1) is 0 Å². The molecule has 0 aliphatic heterocycles. The zero-order valence-corrected chi connectivity index (χ0v) is 8.18. The van der Waals surface area contributed by atoms with E-state index in [0.29, 0.717) is 12.4 Å². The van der Waals surface area contributed by atoms with E-state index in [1.807, 2.05) is 24.3 Å². The van der Waals surface area contributed by atoms with Crippen molar-refractivity contribution in [3.8, 4) is 11.6 Å². The third-order valence-electron chi connectivity index (χ3n) is 1.95. The van der Waals surface area contributed by atoms with Crippen molar-refractivity contribution in [1.82, 2.24) is 4.98 Å². The zero-order chi connectivity index (χ0) is 10.5. The maximum absolute atomic E-state index is 5.53. The summed E-state index contributed by atoms with van der Waals surface area (Å²) in [6.07, 6.45) is 1.69. The fourth-order valence-electron chi connectivity index (χ4n) is 1.19. The van der Waals surface area contributed by atoms with Gasteiger partial charge in [0.1, 0.15) is 5.75 Å². The number of nitrogens with two attached hydrogens (primary N) is 1. The molecule has 2 aromatic rings. The first-order valence-electron chi connectivity index (χ1n) is 4.67. The molecule has 75 valence electrons. The minimum atomic E-state index is 0.488. The highest BCUT2D eigenvalue weighted by atomic mass is 16.5. The molecule has 0 fully saturated rings. The van der Waals surface area contributed by atoms with Crippen LogP contribution in [0.25, 0.3) is 0 Å². The van der Waals surface area contributed by atoms with Crippen molar-refractivity contribution in [2.75, 3.05) is 0 Å². The van der Waals surface area contributed by atoms with Crippen LogP contribution in [0.1, 0.15) is 5.56 Å². The molecular weight excluding hydrogens is 188 g/mol. The molecule has 0 bridgehead atoms. The quantitative estimate of drug-likeness (QED) is 0.823. The maximum Gasteiger partial charge on any atom is 0.219 e. The van der Waals surface area contributed by atoms with Crippen molar-refractivity contribution in [1.29, 1.82) is 0 Å². The van der Waals surface area contributed by atoms with Crippen LogP contribution in [0.15, 0.2) is 42.6 Å². The van der Waals surface area contributed by atoms with Crippen molar-refractivity contribution in [2.45, 2.75) is 6.54 Å². The van der Waals surface area contributed by atoms with Crippen LogP contribution in [-0.4, -0.2) is 4.98 Å². The SMILES string of the molecule is NCc1ccnc(Oc2cc[c]cc2)c1. The molecule has 0 atom stereocenters. The van der Waals surface area contributed by atoms with Gasteiger partial charge in [-0.2, -0.15) is 0 Å². The van der Waals surface area contributed by atoms with E-state index in [0.717, 1.165) is 11.3 Å². The molecule has 0 saturated carbocycles. The number of benzene rings is 1. The maximum atomic E-state index is 5.53. The van der Waals surface area contributed by atoms with E-state index >= 15 is 0 Å². The molecule has 0 aliphatic carbocycles. The largest absolute Gasteiger partial charge is 0.439 e. The second-order valence-electron chi connectivity index (χ2n) is 3.04. The Morgan fingerprint density at radius 3 is 2.80 bits per heavy atom. The number of hydrogen-bond acceptors (Lipinski definition) is 3. The third-order valence-corrected chi connectivity index (χ3v) is 1.95. The van der Waals surface area contributed by atoms with Gasteiger partial charge in [0.25, 0.3) is 0 Å². The summed E-state index contributed by atoms with van der Waals surface area (Å²) in [5, 5.41) is 0. The van der Waals surface area contributed by atoms with Gasteiger partial charge in [0.15, 0.2) is 0 Å². The van der Waals surface area contributed by atoms with Crippen LogP contribution in [0.5, 0.6) is 11.6 Å². The monoisotopic (exact) mass is 199 g/mol. The standard InChI is InChI=1S/C12H11N2O/c13-9-10-6-7-14-12(8-10)15-11-4-2-1-3-5-11/h2-8H,9,13H2. The summed E-state index contributed by atoms with van der Waals surface area (Å²) < 4.78 is 5.53. The lowest BCUT2D eigenvalue weighted by Gasteiger charge is -2.04. The van der Waals surface area contributed by atoms with Crippen molar-refractivity contribution in [3.05, 3.63) is 54.2 Å². The van der Waals surface area contributed by atoms with Crippen LogP contribution >= 0.6 is 0 Å². The Morgan fingerprint density at radius 1 is 1.27 bits per heavy atom. The molecule has 1 radical (unpaired) electrons. The van der Waals surface area contributed by atoms with Gasteiger partial charge in [-0.05, 0) is 29.8 Å². The molecule has 2 rings (SSSR count). The molecule has 0 aliphatic rings. The van der Waals surface area contributed by atoms with Crippen molar-refractivity contribution >= 4 is 0 Å². The van der Waals surface area contributed by atoms with E-state index in [1.165, 1.54) is 0 Å². The van der Waals surface area contributed by atoms with E-state index in [-0.39, 0.29) is 0 Å². The Kier molecular flexibility index (Phi) is 2.95. The molecule has 0 amide bonds. The van der Waals surface area contributed by atoms with Crippen molar-refractivity contribution in [2.24, 2.45) is 5.73 Å². The first kappa shape index (κ1) is 9.68. The first-order valence-corrected chi connectivity index (χ1v) is 4.67. The predicted molar refractivity (Wildman–Crippen MR) is 57.5 cm³/mol. The summed E-state index contributed by atoms with van der Waals surface area (Å²) in [7, 11) is 0. The van der Waals surface area contributed by atoms with E-state index in [2.05, 4.69) is 11.1 Å². The fraction of sp³-hybridized carbons (Fsp3) is 0.0833. The van der Waals surface area contributed by atoms with Gasteiger partial charge in [-0.1, -0.05) is 12.1 Å². The molecule has 1 aromatic carbocycles. The molecule has 2 N–H and O–H groups in total.